The molecule has 2 fully saturated rings. The normalized spacial score (nSPS) is 25.1. The molecule has 0 aliphatic carbocycles. The third kappa shape index (κ3) is 3.42. The molecule has 0 unspecified atom stereocenters. The first-order chi connectivity index (χ1) is 11.8. The van der Waals surface area contributed by atoms with Crippen LogP contribution in [-0.2, 0) is 11.3 Å². The van der Waals surface area contributed by atoms with E-state index in [1.165, 1.54) is 5.56 Å². The van der Waals surface area contributed by atoms with Crippen LogP contribution in [0.25, 0.3) is 0 Å². The predicted molar refractivity (Wildman–Crippen MR) is 93.8 cm³/mol. The molecule has 5 nitrogen and oxygen atoms in total. The first-order valence-electron chi connectivity index (χ1n) is 8.68. The van der Waals surface area contributed by atoms with Crippen LogP contribution in [0.3, 0.4) is 0 Å². The molecule has 0 bridgehead atoms. The summed E-state index contributed by atoms with van der Waals surface area (Å²) in [5.41, 5.74) is 1.53. The van der Waals surface area contributed by atoms with Gasteiger partial charge >= 0.3 is 0 Å². The Bertz CT molecular complexity index is 651. The monoisotopic (exact) mass is 324 g/mol. The lowest BCUT2D eigenvalue weighted by molar-refractivity contribution is 0.0798. The van der Waals surface area contributed by atoms with Gasteiger partial charge in [0.1, 0.15) is 5.82 Å². The van der Waals surface area contributed by atoms with Crippen molar-refractivity contribution in [3.05, 3.63) is 54.5 Å². The zero-order valence-electron chi connectivity index (χ0n) is 14.0. The fourth-order valence-corrected chi connectivity index (χ4v) is 3.88. The van der Waals surface area contributed by atoms with Gasteiger partial charge in [-0.05, 0) is 36.2 Å². The highest BCUT2D eigenvalue weighted by Crippen LogP contribution is 2.35. The van der Waals surface area contributed by atoms with E-state index in [4.69, 9.17) is 4.74 Å². The summed E-state index contributed by atoms with van der Waals surface area (Å²) >= 11 is 0. The van der Waals surface area contributed by atoms with E-state index in [2.05, 4.69) is 44.0 Å². The summed E-state index contributed by atoms with van der Waals surface area (Å²) in [5, 5.41) is 0. The Balaban J connectivity index is 1.46. The molecule has 5 heteroatoms. The molecule has 0 aromatic carbocycles. The van der Waals surface area contributed by atoms with Gasteiger partial charge in [0.15, 0.2) is 0 Å². The van der Waals surface area contributed by atoms with Crippen LogP contribution in [0.2, 0.25) is 0 Å². The molecule has 1 spiro atoms. The Morgan fingerprint density at radius 3 is 2.79 bits per heavy atom. The van der Waals surface area contributed by atoms with Gasteiger partial charge in [0, 0.05) is 56.7 Å². The molecule has 0 N–H and O–H groups in total. The lowest BCUT2D eigenvalue weighted by Gasteiger charge is -2.32. The summed E-state index contributed by atoms with van der Waals surface area (Å²) in [6.07, 6.45) is 6.78. The molecule has 24 heavy (non-hydrogen) atoms. The lowest BCUT2D eigenvalue weighted by atomic mass is 9.87. The van der Waals surface area contributed by atoms with Crippen LogP contribution in [0.15, 0.2) is 48.9 Å². The SMILES string of the molecule is c1ccc(N2CC[C@@]3(COCCN(Cc4ccncc4)C3)C2)nc1. The standard InChI is InChI=1S/C19H24N4O/c1-2-7-21-18(3-1)23-10-6-19(15-23)14-22(11-12-24-16-19)13-17-4-8-20-9-5-17/h1-5,7-9H,6,10-16H2/t19-/m0/s1. The second-order valence-electron chi connectivity index (χ2n) is 6.98. The van der Waals surface area contributed by atoms with Crippen molar-refractivity contribution in [3.63, 3.8) is 0 Å². The van der Waals surface area contributed by atoms with Crippen molar-refractivity contribution in [2.75, 3.05) is 44.3 Å². The van der Waals surface area contributed by atoms with Crippen LogP contribution in [0.5, 0.6) is 0 Å². The minimum absolute atomic E-state index is 0.209. The molecule has 126 valence electrons. The smallest absolute Gasteiger partial charge is 0.128 e. The number of pyridine rings is 2. The summed E-state index contributed by atoms with van der Waals surface area (Å²) < 4.78 is 5.98. The average Bonchev–Trinajstić information content (AvgIpc) is 2.94. The van der Waals surface area contributed by atoms with Crippen molar-refractivity contribution >= 4 is 5.82 Å². The van der Waals surface area contributed by atoms with Crippen LogP contribution in [0.4, 0.5) is 5.82 Å². The van der Waals surface area contributed by atoms with Crippen LogP contribution in [0, 0.1) is 5.41 Å². The molecular weight excluding hydrogens is 300 g/mol. The highest BCUT2D eigenvalue weighted by atomic mass is 16.5. The van der Waals surface area contributed by atoms with Crippen molar-refractivity contribution in [3.8, 4) is 0 Å². The minimum atomic E-state index is 0.209. The van der Waals surface area contributed by atoms with Gasteiger partial charge in [-0.2, -0.15) is 0 Å². The first kappa shape index (κ1) is 15.5. The Kier molecular flexibility index (Phi) is 4.45. The van der Waals surface area contributed by atoms with Crippen molar-refractivity contribution in [1.29, 1.82) is 0 Å². The van der Waals surface area contributed by atoms with E-state index >= 15 is 0 Å². The second-order valence-corrected chi connectivity index (χ2v) is 6.98. The number of rotatable bonds is 3. The summed E-state index contributed by atoms with van der Waals surface area (Å²) in [6.45, 7) is 6.80. The van der Waals surface area contributed by atoms with Gasteiger partial charge in [-0.15, -0.1) is 0 Å². The van der Waals surface area contributed by atoms with E-state index in [1.807, 2.05) is 24.7 Å². The average molecular weight is 324 g/mol. The van der Waals surface area contributed by atoms with Gasteiger partial charge in [0.2, 0.25) is 0 Å². The number of hydrogen-bond donors (Lipinski definition) is 0. The van der Waals surface area contributed by atoms with Crippen molar-refractivity contribution < 1.29 is 4.74 Å². The molecule has 2 saturated heterocycles. The van der Waals surface area contributed by atoms with Crippen LogP contribution in [-0.4, -0.2) is 54.3 Å². The van der Waals surface area contributed by atoms with E-state index < -0.39 is 0 Å². The van der Waals surface area contributed by atoms with Crippen LogP contribution in [0.1, 0.15) is 12.0 Å². The Labute approximate surface area is 143 Å². The van der Waals surface area contributed by atoms with Gasteiger partial charge in [-0.3, -0.25) is 9.88 Å². The quantitative estimate of drug-likeness (QED) is 0.866. The van der Waals surface area contributed by atoms with Gasteiger partial charge in [-0.25, -0.2) is 4.98 Å². The summed E-state index contributed by atoms with van der Waals surface area (Å²) in [5.74, 6) is 1.08. The summed E-state index contributed by atoms with van der Waals surface area (Å²) in [4.78, 5) is 13.6. The number of nitrogens with zero attached hydrogens (tertiary/aromatic N) is 4. The molecule has 0 amide bonds. The molecule has 1 atom stereocenters. The Morgan fingerprint density at radius 1 is 1.04 bits per heavy atom. The Hall–Kier alpha value is -1.98. The summed E-state index contributed by atoms with van der Waals surface area (Å²) in [7, 11) is 0. The highest BCUT2D eigenvalue weighted by Gasteiger charge is 2.41. The maximum absolute atomic E-state index is 5.98. The van der Waals surface area contributed by atoms with E-state index in [9.17, 15) is 0 Å². The highest BCUT2D eigenvalue weighted by molar-refractivity contribution is 5.40. The number of anilines is 1. The number of hydrogen-bond acceptors (Lipinski definition) is 5. The molecular formula is C19H24N4O. The van der Waals surface area contributed by atoms with E-state index in [0.29, 0.717) is 0 Å². The van der Waals surface area contributed by atoms with Gasteiger partial charge in [0.25, 0.3) is 0 Å². The van der Waals surface area contributed by atoms with E-state index in [1.54, 1.807) is 0 Å². The molecule has 0 radical (unpaired) electrons. The van der Waals surface area contributed by atoms with Gasteiger partial charge in [-0.1, -0.05) is 6.07 Å². The summed E-state index contributed by atoms with van der Waals surface area (Å²) in [6, 6.07) is 10.3. The molecule has 4 rings (SSSR count). The molecule has 2 aliphatic heterocycles. The number of aromatic nitrogens is 2. The first-order valence-corrected chi connectivity index (χ1v) is 8.68. The molecule has 2 aliphatic rings. The van der Waals surface area contributed by atoms with Crippen LogP contribution >= 0.6 is 0 Å². The third-order valence-electron chi connectivity index (χ3n) is 5.09. The third-order valence-corrected chi connectivity index (χ3v) is 5.09. The minimum Gasteiger partial charge on any atom is -0.379 e. The van der Waals surface area contributed by atoms with Gasteiger partial charge < -0.3 is 9.64 Å². The second kappa shape index (κ2) is 6.87. The zero-order valence-corrected chi connectivity index (χ0v) is 14.0. The van der Waals surface area contributed by atoms with Crippen molar-refractivity contribution in [2.45, 2.75) is 13.0 Å². The van der Waals surface area contributed by atoms with E-state index in [-0.39, 0.29) is 5.41 Å². The topological polar surface area (TPSA) is 41.5 Å². The van der Waals surface area contributed by atoms with Crippen molar-refractivity contribution in [1.82, 2.24) is 14.9 Å². The van der Waals surface area contributed by atoms with Gasteiger partial charge in [0.05, 0.1) is 13.2 Å². The molecule has 2 aromatic heterocycles. The number of ether oxygens (including phenoxy) is 1. The predicted octanol–water partition coefficient (Wildman–Crippen LogP) is 2.21. The Morgan fingerprint density at radius 2 is 1.96 bits per heavy atom. The molecule has 4 heterocycles. The lowest BCUT2D eigenvalue weighted by Crippen LogP contribution is -2.40. The zero-order chi connectivity index (χ0) is 16.2. The van der Waals surface area contributed by atoms with E-state index in [0.717, 1.165) is 58.2 Å². The molecule has 2 aromatic rings. The fourth-order valence-electron chi connectivity index (χ4n) is 3.88. The largest absolute Gasteiger partial charge is 0.379 e. The molecule has 0 saturated carbocycles. The fraction of sp³-hybridized carbons (Fsp3) is 0.474. The van der Waals surface area contributed by atoms with Crippen LogP contribution < -0.4 is 4.90 Å². The maximum atomic E-state index is 5.98. The van der Waals surface area contributed by atoms with Crippen molar-refractivity contribution in [2.24, 2.45) is 5.41 Å². The maximum Gasteiger partial charge on any atom is 0.128 e.